The zero-order valence-electron chi connectivity index (χ0n) is 23.0. The molecule has 0 bridgehead atoms. The van der Waals surface area contributed by atoms with E-state index in [9.17, 15) is 4.79 Å². The van der Waals surface area contributed by atoms with Gasteiger partial charge in [-0.1, -0.05) is 81.6 Å². The Morgan fingerprint density at radius 1 is 0.844 bits per heavy atom. The van der Waals surface area contributed by atoms with Crippen LogP contribution in [0, 0.1) is 63.1 Å². The van der Waals surface area contributed by atoms with Gasteiger partial charge in [-0.25, -0.2) is 0 Å². The molecule has 9 atom stereocenters. The quantitative estimate of drug-likeness (QED) is 0.415. The number of carbonyl (C=O) groups excluding carboxylic acids is 1. The van der Waals surface area contributed by atoms with E-state index in [1.807, 2.05) is 0 Å². The van der Waals surface area contributed by atoms with Gasteiger partial charge in [0.05, 0.1) is 0 Å². The van der Waals surface area contributed by atoms with Crippen LogP contribution in [0.4, 0.5) is 0 Å². The highest BCUT2D eigenvalue weighted by Crippen LogP contribution is 2.75. The molecule has 1 heteroatoms. The molecule has 0 radical (unpaired) electrons. The van der Waals surface area contributed by atoms with Gasteiger partial charge in [0.2, 0.25) is 0 Å². The Hall–Kier alpha value is -0.330. The summed E-state index contributed by atoms with van der Waals surface area (Å²) in [5, 5.41) is 0. The van der Waals surface area contributed by atoms with Crippen molar-refractivity contribution in [2.45, 2.75) is 127 Å². The Balaban J connectivity index is 1.59. The van der Waals surface area contributed by atoms with Crippen molar-refractivity contribution in [3.8, 4) is 0 Å². The van der Waals surface area contributed by atoms with Crippen LogP contribution in [0.5, 0.6) is 0 Å². The minimum Gasteiger partial charge on any atom is -0.299 e. The van der Waals surface area contributed by atoms with E-state index in [0.717, 1.165) is 36.0 Å². The fourth-order valence-corrected chi connectivity index (χ4v) is 10.9. The molecule has 0 aromatic carbocycles. The first-order valence-electron chi connectivity index (χ1n) is 14.3. The van der Waals surface area contributed by atoms with E-state index in [2.05, 4.69) is 62.3 Å². The van der Waals surface area contributed by atoms with Crippen molar-refractivity contribution in [3.05, 3.63) is 0 Å². The fourth-order valence-electron chi connectivity index (χ4n) is 10.9. The number of Topliss-reactive ketones (excluding diaryl/α,β-unsaturated/α-hetero) is 1. The molecule has 4 rings (SSSR count). The van der Waals surface area contributed by atoms with Crippen molar-refractivity contribution in [1.82, 2.24) is 0 Å². The zero-order chi connectivity index (χ0) is 23.7. The summed E-state index contributed by atoms with van der Waals surface area (Å²) in [4.78, 5) is 13.2. The summed E-state index contributed by atoms with van der Waals surface area (Å²) in [7, 11) is 0. The maximum absolute atomic E-state index is 13.2. The summed E-state index contributed by atoms with van der Waals surface area (Å²) in [6.45, 7) is 22.2. The van der Waals surface area contributed by atoms with Crippen molar-refractivity contribution < 1.29 is 4.79 Å². The first-order chi connectivity index (χ1) is 14.8. The first kappa shape index (κ1) is 24.8. The maximum Gasteiger partial charge on any atom is 0.141 e. The lowest BCUT2D eigenvalue weighted by atomic mass is 9.35. The fraction of sp³-hybridized carbons (Fsp3) is 0.968. The van der Waals surface area contributed by atoms with E-state index in [1.165, 1.54) is 57.8 Å². The zero-order valence-corrected chi connectivity index (χ0v) is 23.0. The predicted molar refractivity (Wildman–Crippen MR) is 136 cm³/mol. The Morgan fingerprint density at radius 2 is 1.50 bits per heavy atom. The normalized spacial score (nSPS) is 48.8. The summed E-state index contributed by atoms with van der Waals surface area (Å²) in [6, 6.07) is 0. The van der Waals surface area contributed by atoms with Crippen molar-refractivity contribution in [1.29, 1.82) is 0 Å². The molecule has 0 heterocycles. The van der Waals surface area contributed by atoms with Crippen LogP contribution in [-0.2, 0) is 4.79 Å². The van der Waals surface area contributed by atoms with Gasteiger partial charge in [-0.2, -0.15) is 0 Å². The number of rotatable bonds is 5. The molecule has 2 unspecified atom stereocenters. The largest absolute Gasteiger partial charge is 0.299 e. The molecule has 0 aromatic heterocycles. The van der Waals surface area contributed by atoms with Gasteiger partial charge in [0.1, 0.15) is 5.78 Å². The summed E-state index contributed by atoms with van der Waals surface area (Å²) in [6.07, 6.45) is 13.8. The molecule has 0 amide bonds. The molecule has 1 nitrogen and oxygen atoms in total. The lowest BCUT2D eigenvalue weighted by Gasteiger charge is -2.69. The highest BCUT2D eigenvalue weighted by atomic mass is 16.1. The molecule has 4 fully saturated rings. The van der Waals surface area contributed by atoms with Crippen LogP contribution < -0.4 is 0 Å². The molecule has 32 heavy (non-hydrogen) atoms. The molecular formula is C31H54O. The van der Waals surface area contributed by atoms with Gasteiger partial charge in [-0.3, -0.25) is 4.79 Å². The SMILES string of the molecule is CC(C)CCC[C@@H](C)[C@H]1CC[C@@]2(C)[C@H]1CC[C@@H]1[C@@]3(C)CC(C)C(=O)C(C)(C)C3CC[C@]12C. The van der Waals surface area contributed by atoms with Crippen molar-refractivity contribution in [3.63, 3.8) is 0 Å². The third-order valence-corrected chi connectivity index (χ3v) is 12.6. The van der Waals surface area contributed by atoms with Gasteiger partial charge in [-0.15, -0.1) is 0 Å². The summed E-state index contributed by atoms with van der Waals surface area (Å²) in [5.41, 5.74) is 1.13. The second kappa shape index (κ2) is 8.12. The van der Waals surface area contributed by atoms with Crippen LogP contribution in [0.2, 0.25) is 0 Å². The molecule has 0 saturated heterocycles. The van der Waals surface area contributed by atoms with Gasteiger partial charge in [0.25, 0.3) is 0 Å². The maximum atomic E-state index is 13.2. The highest BCUT2D eigenvalue weighted by molar-refractivity contribution is 5.87. The molecule has 0 spiro atoms. The third-order valence-electron chi connectivity index (χ3n) is 12.6. The summed E-state index contributed by atoms with van der Waals surface area (Å²) < 4.78 is 0. The molecule has 0 aromatic rings. The monoisotopic (exact) mass is 442 g/mol. The molecular weight excluding hydrogens is 388 g/mol. The van der Waals surface area contributed by atoms with Crippen LogP contribution in [-0.4, -0.2) is 5.78 Å². The number of fused-ring (bicyclic) bond motifs is 5. The topological polar surface area (TPSA) is 17.1 Å². The Bertz CT molecular complexity index is 720. The second-order valence-corrected chi connectivity index (χ2v) is 14.9. The Morgan fingerprint density at radius 3 is 2.16 bits per heavy atom. The van der Waals surface area contributed by atoms with E-state index in [0.29, 0.717) is 27.9 Å². The Labute approximate surface area is 200 Å². The number of carbonyl (C=O) groups is 1. The van der Waals surface area contributed by atoms with Crippen LogP contribution >= 0.6 is 0 Å². The highest BCUT2D eigenvalue weighted by Gasteiger charge is 2.69. The molecule has 4 aliphatic carbocycles. The van der Waals surface area contributed by atoms with Crippen LogP contribution in [0.3, 0.4) is 0 Å². The van der Waals surface area contributed by atoms with Gasteiger partial charge in [0.15, 0.2) is 0 Å². The van der Waals surface area contributed by atoms with Gasteiger partial charge in [0, 0.05) is 11.3 Å². The summed E-state index contributed by atoms with van der Waals surface area (Å²) in [5.74, 6) is 5.74. The smallest absolute Gasteiger partial charge is 0.141 e. The molecule has 4 aliphatic rings. The summed E-state index contributed by atoms with van der Waals surface area (Å²) >= 11 is 0. The lowest BCUT2D eigenvalue weighted by Crippen LogP contribution is -2.64. The van der Waals surface area contributed by atoms with E-state index in [1.54, 1.807) is 0 Å². The second-order valence-electron chi connectivity index (χ2n) is 14.9. The predicted octanol–water partition coefficient (Wildman–Crippen LogP) is 8.95. The van der Waals surface area contributed by atoms with Crippen LogP contribution in [0.15, 0.2) is 0 Å². The average Bonchev–Trinajstić information content (AvgIpc) is 3.04. The van der Waals surface area contributed by atoms with Crippen molar-refractivity contribution >= 4 is 5.78 Å². The van der Waals surface area contributed by atoms with Crippen molar-refractivity contribution in [2.24, 2.45) is 63.1 Å². The lowest BCUT2D eigenvalue weighted by molar-refractivity contribution is -0.208. The standard InChI is InChI=1S/C31H54O/c1-20(2)11-10-12-21(3)23-15-17-30(8)24(23)13-14-26-29(7)19-22(4)27(32)28(5,6)25(29)16-18-31(26,30)9/h20-26H,10-19H2,1-9H3/t21-,22?,23-,24+,25?,26-,29+,30+,31-/m1/s1. The molecule has 0 aliphatic heterocycles. The van der Waals surface area contributed by atoms with E-state index < -0.39 is 0 Å². The van der Waals surface area contributed by atoms with Gasteiger partial charge in [-0.05, 0) is 96.7 Å². The molecule has 4 saturated carbocycles. The number of hydrogen-bond donors (Lipinski definition) is 0. The van der Waals surface area contributed by atoms with Crippen LogP contribution in [0.25, 0.3) is 0 Å². The average molecular weight is 443 g/mol. The number of ketones is 1. The van der Waals surface area contributed by atoms with Crippen LogP contribution in [0.1, 0.15) is 127 Å². The first-order valence-corrected chi connectivity index (χ1v) is 14.3. The minimum atomic E-state index is -0.144. The third kappa shape index (κ3) is 3.40. The Kier molecular flexibility index (Phi) is 6.29. The van der Waals surface area contributed by atoms with Gasteiger partial charge < -0.3 is 0 Å². The minimum absolute atomic E-state index is 0.144. The van der Waals surface area contributed by atoms with Gasteiger partial charge >= 0.3 is 0 Å². The molecule has 184 valence electrons. The van der Waals surface area contributed by atoms with E-state index >= 15 is 0 Å². The van der Waals surface area contributed by atoms with E-state index in [4.69, 9.17) is 0 Å². The number of hydrogen-bond acceptors (Lipinski definition) is 1. The van der Waals surface area contributed by atoms with Crippen molar-refractivity contribution in [2.75, 3.05) is 0 Å². The van der Waals surface area contributed by atoms with E-state index in [-0.39, 0.29) is 11.3 Å². The molecule has 0 N–H and O–H groups in total.